The van der Waals surface area contributed by atoms with Crippen molar-refractivity contribution in [2.75, 3.05) is 32.6 Å². The number of halogens is 1. The molecule has 2 heterocycles. The molecule has 10 nitrogen and oxygen atoms in total. The molecule has 0 radical (unpaired) electrons. The number of nitrogens with zero attached hydrogens (tertiary/aromatic N) is 3. The number of hydrogen-bond donors (Lipinski definition) is 2. The van der Waals surface area contributed by atoms with E-state index in [1.54, 1.807) is 24.1 Å². The number of amidine groups is 1. The van der Waals surface area contributed by atoms with Gasteiger partial charge in [0, 0.05) is 11.5 Å². The number of carbonyl (C=O) groups is 3. The van der Waals surface area contributed by atoms with Crippen molar-refractivity contribution in [1.29, 1.82) is 0 Å². The van der Waals surface area contributed by atoms with Crippen molar-refractivity contribution < 1.29 is 29.0 Å². The number of fused-ring (bicyclic) bond motifs is 1. The van der Waals surface area contributed by atoms with Crippen LogP contribution in [-0.4, -0.2) is 88.9 Å². The fraction of sp³-hybridized carbons (Fsp3) is 0.545. The first-order valence-corrected chi connectivity index (χ1v) is 12.8. The average Bonchev–Trinajstić information content (AvgIpc) is 3.17. The van der Waals surface area contributed by atoms with Crippen LogP contribution in [-0.2, 0) is 14.3 Å². The zero-order valence-corrected chi connectivity index (χ0v) is 21.5. The van der Waals surface area contributed by atoms with E-state index in [2.05, 4.69) is 33.2 Å². The molecule has 0 aliphatic carbocycles. The molecule has 3 amide bonds. The molecule has 2 aliphatic heterocycles. The van der Waals surface area contributed by atoms with Crippen LogP contribution >= 0.6 is 27.7 Å². The maximum Gasteiger partial charge on any atom is 0.325 e. The van der Waals surface area contributed by atoms with Gasteiger partial charge in [-0.25, -0.2) is 9.79 Å². The van der Waals surface area contributed by atoms with Crippen molar-refractivity contribution in [2.45, 2.75) is 44.5 Å². The molecule has 3 unspecified atom stereocenters. The quantitative estimate of drug-likeness (QED) is 0.314. The Morgan fingerprint density at radius 3 is 2.74 bits per heavy atom. The van der Waals surface area contributed by atoms with Gasteiger partial charge in [-0.05, 0) is 30.7 Å². The summed E-state index contributed by atoms with van der Waals surface area (Å²) in [4.78, 5) is 44.3. The molecule has 186 valence electrons. The van der Waals surface area contributed by atoms with Gasteiger partial charge in [-0.3, -0.25) is 14.9 Å². The number of ether oxygens (including phenoxy) is 2. The number of benzene rings is 1. The monoisotopic (exact) mass is 556 g/mol. The van der Waals surface area contributed by atoms with Crippen LogP contribution in [0.5, 0.6) is 5.75 Å². The maximum atomic E-state index is 12.6. The molecule has 3 atom stereocenters. The molecule has 12 heteroatoms. The number of carbonyl (C=O) groups excluding carboxylic acids is 3. The second-order valence-electron chi connectivity index (χ2n) is 7.96. The van der Waals surface area contributed by atoms with Gasteiger partial charge in [-0.1, -0.05) is 47.5 Å². The molecule has 1 aromatic carbocycles. The Morgan fingerprint density at radius 1 is 1.29 bits per heavy atom. The Balaban J connectivity index is 1.63. The number of unbranched alkanes of at least 4 members (excludes halogenated alkanes) is 2. The van der Waals surface area contributed by atoms with E-state index in [1.807, 2.05) is 12.1 Å². The van der Waals surface area contributed by atoms with Crippen LogP contribution in [0.3, 0.4) is 0 Å². The Labute approximate surface area is 211 Å². The lowest BCUT2D eigenvalue weighted by atomic mass is 10.1. The molecule has 3 rings (SSSR count). The standard InChI is InChI=1S/C22H29BrN4O6S/c1-3-4-5-10-32-17(29)13-34-22-24-19-18(20(30)25-21(31)26(19)2)27(22)11-15(28)12-33-16-8-6-14(23)7-9-16/h6-9,15,18-19,28H,3-5,10-13H2,1-2H3,(H,25,30,31). The summed E-state index contributed by atoms with van der Waals surface area (Å²) in [6, 6.07) is 5.84. The third-order valence-corrected chi connectivity index (χ3v) is 6.82. The summed E-state index contributed by atoms with van der Waals surface area (Å²) < 4.78 is 11.8. The third-order valence-electron chi connectivity index (χ3n) is 5.32. The molecule has 34 heavy (non-hydrogen) atoms. The highest BCUT2D eigenvalue weighted by molar-refractivity contribution is 9.10. The Kier molecular flexibility index (Phi) is 9.60. The molecular weight excluding hydrogens is 528 g/mol. The second-order valence-corrected chi connectivity index (χ2v) is 9.82. The highest BCUT2D eigenvalue weighted by Crippen LogP contribution is 2.29. The molecule has 0 spiro atoms. The minimum atomic E-state index is -0.954. The van der Waals surface area contributed by atoms with Crippen LogP contribution in [0.1, 0.15) is 26.2 Å². The normalized spacial score (nSPS) is 20.5. The van der Waals surface area contributed by atoms with Crippen LogP contribution in [0, 0.1) is 0 Å². The molecule has 0 saturated carbocycles. The van der Waals surface area contributed by atoms with Gasteiger partial charge in [-0.15, -0.1) is 0 Å². The number of urea groups is 1. The van der Waals surface area contributed by atoms with Gasteiger partial charge in [0.25, 0.3) is 5.91 Å². The number of β-amino-alcohol motifs (C(OH)–C–C–N with tert-alkyl or cyclic N) is 1. The zero-order chi connectivity index (χ0) is 24.7. The second kappa shape index (κ2) is 12.4. The first-order chi connectivity index (χ1) is 16.3. The van der Waals surface area contributed by atoms with Crippen molar-refractivity contribution in [3.8, 4) is 5.75 Å². The van der Waals surface area contributed by atoms with Crippen LogP contribution in [0.2, 0.25) is 0 Å². The SMILES string of the molecule is CCCCCOC(=O)CSC1=NC2C(C(=O)NC(=O)N2C)N1CC(O)COc1ccc(Br)cc1. The van der Waals surface area contributed by atoms with Crippen molar-refractivity contribution in [3.05, 3.63) is 28.7 Å². The molecule has 2 aliphatic rings. The summed E-state index contributed by atoms with van der Waals surface area (Å²) in [5.41, 5.74) is 0. The largest absolute Gasteiger partial charge is 0.491 e. The van der Waals surface area contributed by atoms with Crippen LogP contribution in [0.15, 0.2) is 33.7 Å². The number of aliphatic hydroxyl groups is 1. The van der Waals surface area contributed by atoms with E-state index in [-0.39, 0.29) is 24.9 Å². The summed E-state index contributed by atoms with van der Waals surface area (Å²) in [5.74, 6) is -0.287. The molecule has 0 bridgehead atoms. The molecule has 0 aromatic heterocycles. The summed E-state index contributed by atoms with van der Waals surface area (Å²) >= 11 is 4.48. The van der Waals surface area contributed by atoms with Crippen LogP contribution < -0.4 is 10.1 Å². The van der Waals surface area contributed by atoms with E-state index < -0.39 is 30.2 Å². The van der Waals surface area contributed by atoms with Crippen LogP contribution in [0.25, 0.3) is 0 Å². The highest BCUT2D eigenvalue weighted by atomic mass is 79.9. The molecular formula is C22H29BrN4O6S. The number of amides is 3. The van der Waals surface area contributed by atoms with Crippen molar-refractivity contribution in [2.24, 2.45) is 4.99 Å². The number of likely N-dealkylation sites (N-methyl/N-ethyl adjacent to an activating group) is 1. The Bertz CT molecular complexity index is 915. The number of nitrogens with one attached hydrogen (secondary N) is 1. The predicted molar refractivity (Wildman–Crippen MR) is 132 cm³/mol. The van der Waals surface area contributed by atoms with Crippen LogP contribution in [0.4, 0.5) is 4.79 Å². The van der Waals surface area contributed by atoms with Gasteiger partial charge in [-0.2, -0.15) is 0 Å². The number of thioether (sulfide) groups is 1. The Hall–Kier alpha value is -2.31. The van der Waals surface area contributed by atoms with Gasteiger partial charge < -0.3 is 24.4 Å². The molecule has 1 aromatic rings. The summed E-state index contributed by atoms with van der Waals surface area (Å²) in [5, 5.41) is 13.3. The fourth-order valence-corrected chi connectivity index (χ4v) is 4.65. The minimum Gasteiger partial charge on any atom is -0.491 e. The number of esters is 1. The number of imide groups is 1. The number of aliphatic hydroxyl groups excluding tert-OH is 1. The first-order valence-electron chi connectivity index (χ1n) is 11.1. The van der Waals surface area contributed by atoms with E-state index in [9.17, 15) is 19.5 Å². The lowest BCUT2D eigenvalue weighted by molar-refractivity contribution is -0.140. The molecule has 1 fully saturated rings. The predicted octanol–water partition coefficient (Wildman–Crippen LogP) is 2.20. The molecule has 1 saturated heterocycles. The van der Waals surface area contributed by atoms with Crippen molar-refractivity contribution in [1.82, 2.24) is 15.1 Å². The zero-order valence-electron chi connectivity index (χ0n) is 19.1. The number of aliphatic imine (C=N–C) groups is 1. The fourth-order valence-electron chi connectivity index (χ4n) is 3.52. The third kappa shape index (κ3) is 6.86. The van der Waals surface area contributed by atoms with E-state index >= 15 is 0 Å². The van der Waals surface area contributed by atoms with Crippen molar-refractivity contribution >= 4 is 50.8 Å². The minimum absolute atomic E-state index is 0.00562. The van der Waals surface area contributed by atoms with Crippen molar-refractivity contribution in [3.63, 3.8) is 0 Å². The van der Waals surface area contributed by atoms with Gasteiger partial charge >= 0.3 is 12.0 Å². The Morgan fingerprint density at radius 2 is 2.03 bits per heavy atom. The lowest BCUT2D eigenvalue weighted by Crippen LogP contribution is -2.64. The van der Waals surface area contributed by atoms with E-state index in [1.165, 1.54) is 4.90 Å². The highest BCUT2D eigenvalue weighted by Gasteiger charge is 2.49. The summed E-state index contributed by atoms with van der Waals surface area (Å²) in [7, 11) is 1.55. The van der Waals surface area contributed by atoms with Gasteiger partial charge in [0.15, 0.2) is 17.4 Å². The van der Waals surface area contributed by atoms with Gasteiger partial charge in [0.05, 0.1) is 18.9 Å². The molecule has 2 N–H and O–H groups in total. The summed E-state index contributed by atoms with van der Waals surface area (Å²) in [6.07, 6.45) is 1.12. The van der Waals surface area contributed by atoms with Gasteiger partial charge in [0.2, 0.25) is 0 Å². The topological polar surface area (TPSA) is 121 Å². The smallest absolute Gasteiger partial charge is 0.325 e. The van der Waals surface area contributed by atoms with E-state index in [0.717, 1.165) is 35.5 Å². The van der Waals surface area contributed by atoms with E-state index in [4.69, 9.17) is 9.47 Å². The maximum absolute atomic E-state index is 12.6. The lowest BCUT2D eigenvalue weighted by Gasteiger charge is -2.36. The van der Waals surface area contributed by atoms with E-state index in [0.29, 0.717) is 17.5 Å². The average molecular weight is 557 g/mol. The van der Waals surface area contributed by atoms with Gasteiger partial charge in [0.1, 0.15) is 18.5 Å². The summed E-state index contributed by atoms with van der Waals surface area (Å²) in [6.45, 7) is 2.45. The number of rotatable bonds is 11. The first kappa shape index (κ1) is 26.3. The number of hydrogen-bond acceptors (Lipinski definition) is 9.